The molecule has 1 rings (SSSR count). The van der Waals surface area contributed by atoms with Gasteiger partial charge in [0, 0.05) is 0 Å². The summed E-state index contributed by atoms with van der Waals surface area (Å²) in [5.74, 6) is 0. The van der Waals surface area contributed by atoms with Gasteiger partial charge < -0.3 is 12.6 Å². The van der Waals surface area contributed by atoms with Crippen LogP contribution >= 0.6 is 0 Å². The SMILES string of the molecule is [C-]#[N+]c1ccccc1[S-]. The van der Waals surface area contributed by atoms with Gasteiger partial charge in [-0.1, -0.05) is 24.3 Å². The van der Waals surface area contributed by atoms with Gasteiger partial charge in [0.2, 0.25) is 0 Å². The topological polar surface area (TPSA) is 4.36 Å². The second-order valence-corrected chi connectivity index (χ2v) is 2.02. The van der Waals surface area contributed by atoms with E-state index in [1.165, 1.54) is 0 Å². The van der Waals surface area contributed by atoms with E-state index in [1.807, 2.05) is 12.1 Å². The maximum absolute atomic E-state index is 6.64. The van der Waals surface area contributed by atoms with Gasteiger partial charge in [-0.2, -0.15) is 4.90 Å². The summed E-state index contributed by atoms with van der Waals surface area (Å²) in [6, 6.07) is 7.11. The molecular weight excluding hydrogens is 130 g/mol. The molecule has 0 N–H and O–H groups in total. The first-order valence-electron chi connectivity index (χ1n) is 2.48. The molecule has 0 radical (unpaired) electrons. The molecule has 0 saturated carbocycles. The first-order valence-corrected chi connectivity index (χ1v) is 2.89. The quantitative estimate of drug-likeness (QED) is 0.388. The lowest BCUT2D eigenvalue weighted by Gasteiger charge is -2.04. The summed E-state index contributed by atoms with van der Waals surface area (Å²) < 4.78 is 0. The first-order chi connectivity index (χ1) is 4.34. The lowest BCUT2D eigenvalue weighted by Crippen LogP contribution is -1.66. The summed E-state index contributed by atoms with van der Waals surface area (Å²) in [4.78, 5) is 3.85. The molecule has 0 aromatic heterocycles. The number of para-hydroxylation sites is 1. The molecule has 0 saturated heterocycles. The van der Waals surface area contributed by atoms with Gasteiger partial charge in [-0.05, 0) is 0 Å². The minimum absolute atomic E-state index is 0.563. The van der Waals surface area contributed by atoms with Gasteiger partial charge in [0.25, 0.3) is 0 Å². The van der Waals surface area contributed by atoms with E-state index in [2.05, 4.69) is 4.85 Å². The fourth-order valence-corrected chi connectivity index (χ4v) is 0.742. The van der Waals surface area contributed by atoms with E-state index in [0.29, 0.717) is 10.6 Å². The summed E-state index contributed by atoms with van der Waals surface area (Å²) in [6.07, 6.45) is 0. The van der Waals surface area contributed by atoms with Crippen LogP contribution in [0.4, 0.5) is 5.69 Å². The molecule has 0 fully saturated rings. The van der Waals surface area contributed by atoms with Gasteiger partial charge in [0.05, 0.1) is 6.57 Å². The maximum Gasteiger partial charge on any atom is 0.168 e. The standard InChI is InChI=1S/C7H5NS/c1-8-6-4-2-3-5-7(6)9/h2-5,9H/p-1. The molecule has 1 nitrogen and oxygen atoms in total. The highest BCUT2D eigenvalue weighted by Gasteiger charge is 1.83. The fraction of sp³-hybridized carbons (Fsp3) is 0. The molecule has 0 spiro atoms. The Morgan fingerprint density at radius 3 is 2.44 bits per heavy atom. The molecule has 0 amide bonds. The van der Waals surface area contributed by atoms with Crippen molar-refractivity contribution in [2.75, 3.05) is 0 Å². The Kier molecular flexibility index (Phi) is 1.66. The van der Waals surface area contributed by atoms with Gasteiger partial charge in [-0.25, -0.2) is 4.85 Å². The summed E-state index contributed by atoms with van der Waals surface area (Å²) in [7, 11) is 0. The van der Waals surface area contributed by atoms with Gasteiger partial charge in [0.15, 0.2) is 5.69 Å². The second-order valence-electron chi connectivity index (χ2n) is 1.58. The molecule has 0 heterocycles. The highest BCUT2D eigenvalue weighted by molar-refractivity contribution is 7.59. The molecule has 1 aromatic carbocycles. The average molecular weight is 134 g/mol. The number of nitrogens with zero attached hydrogens (tertiary/aromatic N) is 1. The third-order valence-corrected chi connectivity index (χ3v) is 1.33. The van der Waals surface area contributed by atoms with E-state index >= 15 is 0 Å². The van der Waals surface area contributed by atoms with Crippen LogP contribution in [0.5, 0.6) is 0 Å². The van der Waals surface area contributed by atoms with Crippen molar-refractivity contribution >= 4 is 18.3 Å². The van der Waals surface area contributed by atoms with E-state index in [0.717, 1.165) is 0 Å². The first kappa shape index (κ1) is 6.06. The largest absolute Gasteiger partial charge is 0.792 e. The van der Waals surface area contributed by atoms with Gasteiger partial charge >= 0.3 is 0 Å². The highest BCUT2D eigenvalue weighted by atomic mass is 32.1. The van der Waals surface area contributed by atoms with E-state index < -0.39 is 0 Å². The Hall–Kier alpha value is -1.07. The van der Waals surface area contributed by atoms with Crippen molar-refractivity contribution in [3.05, 3.63) is 35.7 Å². The molecule has 0 aliphatic carbocycles. The lowest BCUT2D eigenvalue weighted by atomic mass is 10.3. The minimum atomic E-state index is 0.563. The smallest absolute Gasteiger partial charge is 0.168 e. The van der Waals surface area contributed by atoms with Crippen LogP contribution in [-0.2, 0) is 12.6 Å². The second kappa shape index (κ2) is 2.47. The molecular formula is C7H4NS-. The summed E-state index contributed by atoms with van der Waals surface area (Å²) in [5, 5.41) is 0. The van der Waals surface area contributed by atoms with Crippen LogP contribution in [-0.4, -0.2) is 0 Å². The number of rotatable bonds is 0. The molecule has 9 heavy (non-hydrogen) atoms. The van der Waals surface area contributed by atoms with Crippen molar-refractivity contribution in [1.82, 2.24) is 0 Å². The van der Waals surface area contributed by atoms with Crippen molar-refractivity contribution in [2.24, 2.45) is 0 Å². The van der Waals surface area contributed by atoms with Crippen molar-refractivity contribution in [3.63, 3.8) is 0 Å². The van der Waals surface area contributed by atoms with Crippen LogP contribution < -0.4 is 0 Å². The zero-order valence-corrected chi connectivity index (χ0v) is 5.48. The Labute approximate surface area is 59.6 Å². The minimum Gasteiger partial charge on any atom is -0.792 e. The van der Waals surface area contributed by atoms with Crippen LogP contribution in [0.1, 0.15) is 0 Å². The van der Waals surface area contributed by atoms with E-state index in [4.69, 9.17) is 19.2 Å². The normalized spacial score (nSPS) is 8.33. The lowest BCUT2D eigenvalue weighted by molar-refractivity contribution is 1.50. The van der Waals surface area contributed by atoms with Crippen molar-refractivity contribution in [1.29, 1.82) is 0 Å². The van der Waals surface area contributed by atoms with E-state index in [1.54, 1.807) is 12.1 Å². The molecule has 0 aliphatic rings. The summed E-state index contributed by atoms with van der Waals surface area (Å²) >= 11 is 4.84. The Balaban J connectivity index is 3.20. The van der Waals surface area contributed by atoms with E-state index in [-0.39, 0.29) is 0 Å². The molecule has 0 aliphatic heterocycles. The van der Waals surface area contributed by atoms with Gasteiger partial charge in [0.1, 0.15) is 0 Å². The molecule has 0 unspecified atom stereocenters. The van der Waals surface area contributed by atoms with Crippen molar-refractivity contribution in [3.8, 4) is 0 Å². The van der Waals surface area contributed by atoms with Gasteiger partial charge in [-0.15, -0.1) is 0 Å². The average Bonchev–Trinajstić information content (AvgIpc) is 1.89. The zero-order valence-electron chi connectivity index (χ0n) is 4.66. The molecule has 44 valence electrons. The Morgan fingerprint density at radius 1 is 1.33 bits per heavy atom. The van der Waals surface area contributed by atoms with Crippen molar-refractivity contribution in [2.45, 2.75) is 4.90 Å². The molecule has 2 heteroatoms. The number of hydrogen-bond acceptors (Lipinski definition) is 1. The summed E-state index contributed by atoms with van der Waals surface area (Å²) in [5.41, 5.74) is 0.563. The highest BCUT2D eigenvalue weighted by Crippen LogP contribution is 2.16. The zero-order chi connectivity index (χ0) is 6.69. The predicted molar refractivity (Wildman–Crippen MR) is 38.3 cm³/mol. The third kappa shape index (κ3) is 1.18. The summed E-state index contributed by atoms with van der Waals surface area (Å²) in [6.45, 7) is 6.64. The van der Waals surface area contributed by atoms with Gasteiger partial charge in [-0.3, -0.25) is 0 Å². The Bertz CT molecular complexity index is 249. The fourth-order valence-electron chi connectivity index (χ4n) is 0.550. The van der Waals surface area contributed by atoms with E-state index in [9.17, 15) is 0 Å². The van der Waals surface area contributed by atoms with Crippen LogP contribution in [0.15, 0.2) is 29.2 Å². The number of hydrogen-bond donors (Lipinski definition) is 0. The molecule has 0 bridgehead atoms. The Morgan fingerprint density at radius 2 is 2.00 bits per heavy atom. The monoisotopic (exact) mass is 134 g/mol. The maximum atomic E-state index is 6.64. The molecule has 0 atom stereocenters. The van der Waals surface area contributed by atoms with Crippen LogP contribution in [0, 0.1) is 6.57 Å². The van der Waals surface area contributed by atoms with Crippen LogP contribution in [0.2, 0.25) is 0 Å². The van der Waals surface area contributed by atoms with Crippen molar-refractivity contribution < 1.29 is 0 Å². The van der Waals surface area contributed by atoms with Crippen LogP contribution in [0.3, 0.4) is 0 Å². The number of benzene rings is 1. The third-order valence-electron chi connectivity index (χ3n) is 0.986. The van der Waals surface area contributed by atoms with Crippen LogP contribution in [0.25, 0.3) is 4.85 Å². The molecule has 1 aromatic rings. The predicted octanol–water partition coefficient (Wildman–Crippen LogP) is 2.14.